The number of anilines is 2. The zero-order valence-electron chi connectivity index (χ0n) is 19.3. The number of carbonyl (C=O) groups excluding carboxylic acids is 2. The van der Waals surface area contributed by atoms with Gasteiger partial charge < -0.3 is 15.0 Å². The topological polar surface area (TPSA) is 61.9 Å². The SMILES string of the molecule is COc1ccc(C(=O)Nc2cc(C)ccc2N2CCCN(Cc3ccccc3C)C2=O)cc1. The number of amides is 3. The Hall–Kier alpha value is -3.80. The van der Waals surface area contributed by atoms with Crippen LogP contribution in [0.1, 0.15) is 33.5 Å². The standard InChI is InChI=1S/C27H29N3O3/c1-19-9-14-25(24(17-19)28-26(31)21-10-12-23(33-3)13-11-21)30-16-6-15-29(27(30)32)18-22-8-5-4-7-20(22)2/h4-5,7-14,17H,6,15-16,18H2,1-3H3,(H,28,31). The van der Waals surface area contributed by atoms with Crippen molar-refractivity contribution in [2.75, 3.05) is 30.4 Å². The number of urea groups is 1. The fourth-order valence-electron chi connectivity index (χ4n) is 4.07. The van der Waals surface area contributed by atoms with Crippen LogP contribution in [0.15, 0.2) is 66.7 Å². The summed E-state index contributed by atoms with van der Waals surface area (Å²) in [6.07, 6.45) is 0.858. The van der Waals surface area contributed by atoms with Gasteiger partial charge in [0.1, 0.15) is 5.75 Å². The van der Waals surface area contributed by atoms with Crippen LogP contribution in [-0.4, -0.2) is 37.0 Å². The van der Waals surface area contributed by atoms with Gasteiger partial charge in [0.2, 0.25) is 0 Å². The number of methoxy groups -OCH3 is 1. The normalized spacial score (nSPS) is 13.7. The van der Waals surface area contributed by atoms with E-state index in [0.717, 1.165) is 17.5 Å². The number of carbonyl (C=O) groups is 2. The minimum atomic E-state index is -0.231. The highest BCUT2D eigenvalue weighted by atomic mass is 16.5. The fourth-order valence-corrected chi connectivity index (χ4v) is 4.07. The molecule has 0 spiro atoms. The molecule has 0 saturated carbocycles. The second-order valence-electron chi connectivity index (χ2n) is 8.34. The summed E-state index contributed by atoms with van der Waals surface area (Å²) in [6, 6.07) is 20.8. The monoisotopic (exact) mass is 443 g/mol. The van der Waals surface area contributed by atoms with Crippen molar-refractivity contribution >= 4 is 23.3 Å². The fraction of sp³-hybridized carbons (Fsp3) is 0.259. The Balaban J connectivity index is 1.57. The van der Waals surface area contributed by atoms with Crippen molar-refractivity contribution in [1.29, 1.82) is 0 Å². The summed E-state index contributed by atoms with van der Waals surface area (Å²) in [7, 11) is 1.59. The molecule has 0 radical (unpaired) electrons. The third-order valence-corrected chi connectivity index (χ3v) is 5.98. The highest BCUT2D eigenvalue weighted by molar-refractivity contribution is 6.07. The van der Waals surface area contributed by atoms with Crippen LogP contribution >= 0.6 is 0 Å². The van der Waals surface area contributed by atoms with E-state index in [1.54, 1.807) is 36.3 Å². The number of hydrogen-bond donors (Lipinski definition) is 1. The van der Waals surface area contributed by atoms with Gasteiger partial charge in [-0.25, -0.2) is 4.79 Å². The lowest BCUT2D eigenvalue weighted by Gasteiger charge is -2.36. The Morgan fingerprint density at radius 2 is 1.76 bits per heavy atom. The molecule has 0 atom stereocenters. The Bertz CT molecular complexity index is 1160. The van der Waals surface area contributed by atoms with Gasteiger partial charge in [0.05, 0.1) is 18.5 Å². The van der Waals surface area contributed by atoms with E-state index < -0.39 is 0 Å². The first-order valence-corrected chi connectivity index (χ1v) is 11.1. The molecule has 1 aliphatic rings. The lowest BCUT2D eigenvalue weighted by molar-refractivity contribution is 0.102. The van der Waals surface area contributed by atoms with E-state index in [9.17, 15) is 9.59 Å². The molecule has 6 nitrogen and oxygen atoms in total. The zero-order valence-corrected chi connectivity index (χ0v) is 19.3. The number of ether oxygens (including phenoxy) is 1. The van der Waals surface area contributed by atoms with Crippen molar-refractivity contribution in [2.45, 2.75) is 26.8 Å². The lowest BCUT2D eigenvalue weighted by Crippen LogP contribution is -2.49. The van der Waals surface area contributed by atoms with E-state index >= 15 is 0 Å². The minimum absolute atomic E-state index is 0.0479. The minimum Gasteiger partial charge on any atom is -0.497 e. The average molecular weight is 444 g/mol. The van der Waals surface area contributed by atoms with E-state index in [1.165, 1.54) is 5.56 Å². The molecule has 1 aliphatic heterocycles. The molecule has 3 amide bonds. The number of rotatable bonds is 6. The Morgan fingerprint density at radius 1 is 1.00 bits per heavy atom. The molecule has 4 rings (SSSR count). The molecule has 0 unspecified atom stereocenters. The van der Waals surface area contributed by atoms with E-state index in [0.29, 0.717) is 42.3 Å². The maximum atomic E-state index is 13.4. The molecule has 1 heterocycles. The van der Waals surface area contributed by atoms with Crippen LogP contribution in [0, 0.1) is 13.8 Å². The molecule has 1 fully saturated rings. The van der Waals surface area contributed by atoms with Crippen LogP contribution in [0.2, 0.25) is 0 Å². The molecular formula is C27H29N3O3. The molecule has 33 heavy (non-hydrogen) atoms. The van der Waals surface area contributed by atoms with E-state index in [4.69, 9.17) is 4.74 Å². The molecular weight excluding hydrogens is 414 g/mol. The van der Waals surface area contributed by atoms with Crippen molar-refractivity contribution in [1.82, 2.24) is 4.90 Å². The average Bonchev–Trinajstić information content (AvgIpc) is 2.82. The van der Waals surface area contributed by atoms with Crippen LogP contribution in [-0.2, 0) is 6.54 Å². The van der Waals surface area contributed by atoms with Crippen LogP contribution in [0.4, 0.5) is 16.2 Å². The number of nitrogens with one attached hydrogen (secondary N) is 1. The number of nitrogens with zero attached hydrogens (tertiary/aromatic N) is 2. The summed E-state index contributed by atoms with van der Waals surface area (Å²) in [5.41, 5.74) is 5.18. The van der Waals surface area contributed by atoms with Crippen LogP contribution in [0.5, 0.6) is 5.75 Å². The van der Waals surface area contributed by atoms with Crippen molar-refractivity contribution in [2.24, 2.45) is 0 Å². The van der Waals surface area contributed by atoms with E-state index in [2.05, 4.69) is 24.4 Å². The van der Waals surface area contributed by atoms with Gasteiger partial charge in [-0.1, -0.05) is 30.3 Å². The molecule has 1 saturated heterocycles. The third-order valence-electron chi connectivity index (χ3n) is 5.98. The molecule has 0 aliphatic carbocycles. The van der Waals surface area contributed by atoms with Crippen LogP contribution in [0.25, 0.3) is 0 Å². The lowest BCUT2D eigenvalue weighted by atomic mass is 10.1. The maximum Gasteiger partial charge on any atom is 0.324 e. The van der Waals surface area contributed by atoms with Crippen LogP contribution in [0.3, 0.4) is 0 Å². The summed E-state index contributed by atoms with van der Waals surface area (Å²) in [6.45, 7) is 5.92. The molecule has 1 N–H and O–H groups in total. The number of aryl methyl sites for hydroxylation is 2. The van der Waals surface area contributed by atoms with E-state index in [-0.39, 0.29) is 11.9 Å². The number of hydrogen-bond acceptors (Lipinski definition) is 3. The van der Waals surface area contributed by atoms with Gasteiger partial charge in [0.25, 0.3) is 5.91 Å². The Labute approximate surface area is 194 Å². The first-order chi connectivity index (χ1) is 16.0. The second kappa shape index (κ2) is 9.77. The predicted molar refractivity (Wildman–Crippen MR) is 131 cm³/mol. The van der Waals surface area contributed by atoms with Gasteiger partial charge in [-0.15, -0.1) is 0 Å². The summed E-state index contributed by atoms with van der Waals surface area (Å²) < 4.78 is 5.17. The summed E-state index contributed by atoms with van der Waals surface area (Å²) in [5.74, 6) is 0.459. The predicted octanol–water partition coefficient (Wildman–Crippen LogP) is 5.40. The molecule has 6 heteroatoms. The summed E-state index contributed by atoms with van der Waals surface area (Å²) in [5, 5.41) is 3.00. The van der Waals surface area contributed by atoms with Gasteiger partial charge in [-0.3, -0.25) is 9.69 Å². The van der Waals surface area contributed by atoms with Crippen molar-refractivity contribution < 1.29 is 14.3 Å². The highest BCUT2D eigenvalue weighted by Crippen LogP contribution is 2.31. The summed E-state index contributed by atoms with van der Waals surface area (Å²) >= 11 is 0. The van der Waals surface area contributed by atoms with Gasteiger partial charge in [0.15, 0.2) is 0 Å². The van der Waals surface area contributed by atoms with Gasteiger partial charge in [0, 0.05) is 25.2 Å². The smallest absolute Gasteiger partial charge is 0.324 e. The molecule has 3 aromatic carbocycles. The molecule has 170 valence electrons. The third kappa shape index (κ3) is 5.00. The highest BCUT2D eigenvalue weighted by Gasteiger charge is 2.29. The largest absolute Gasteiger partial charge is 0.497 e. The van der Waals surface area contributed by atoms with Crippen molar-refractivity contribution in [3.63, 3.8) is 0 Å². The molecule has 3 aromatic rings. The number of benzene rings is 3. The van der Waals surface area contributed by atoms with Gasteiger partial charge >= 0.3 is 6.03 Å². The first-order valence-electron chi connectivity index (χ1n) is 11.1. The Kier molecular flexibility index (Phi) is 6.63. The van der Waals surface area contributed by atoms with E-state index in [1.807, 2.05) is 42.2 Å². The van der Waals surface area contributed by atoms with Gasteiger partial charge in [-0.05, 0) is 73.4 Å². The van der Waals surface area contributed by atoms with Gasteiger partial charge in [-0.2, -0.15) is 0 Å². The van der Waals surface area contributed by atoms with Crippen molar-refractivity contribution in [3.8, 4) is 5.75 Å². The molecule has 0 bridgehead atoms. The quantitative estimate of drug-likeness (QED) is 0.555. The Morgan fingerprint density at radius 3 is 2.48 bits per heavy atom. The maximum absolute atomic E-state index is 13.4. The molecule has 0 aromatic heterocycles. The first kappa shape index (κ1) is 22.4. The van der Waals surface area contributed by atoms with Crippen LogP contribution < -0.4 is 15.0 Å². The second-order valence-corrected chi connectivity index (χ2v) is 8.34. The summed E-state index contributed by atoms with van der Waals surface area (Å²) in [4.78, 5) is 30.0. The zero-order chi connectivity index (χ0) is 23.4. The van der Waals surface area contributed by atoms with Crippen molar-refractivity contribution in [3.05, 3.63) is 89.0 Å².